The second-order valence-corrected chi connectivity index (χ2v) is 10.2. The van der Waals surface area contributed by atoms with Crippen LogP contribution in [0.2, 0.25) is 0 Å². The summed E-state index contributed by atoms with van der Waals surface area (Å²) >= 11 is 1.28. The molecule has 4 bridgehead atoms. The van der Waals surface area contributed by atoms with E-state index in [4.69, 9.17) is 4.74 Å². The Kier molecular flexibility index (Phi) is 5.09. The molecule has 1 N–H and O–H groups in total. The Morgan fingerprint density at radius 3 is 2.37 bits per heavy atom. The lowest BCUT2D eigenvalue weighted by atomic mass is 9.49. The van der Waals surface area contributed by atoms with Crippen LogP contribution in [-0.2, 0) is 14.3 Å². The highest BCUT2D eigenvalue weighted by Gasteiger charge is 2.51. The fourth-order valence-electron chi connectivity index (χ4n) is 6.25. The first-order valence-corrected chi connectivity index (χ1v) is 11.5. The molecule has 6 rings (SSSR count). The first-order chi connectivity index (χ1) is 14.5. The summed E-state index contributed by atoms with van der Waals surface area (Å²) in [5.41, 5.74) is 1.55. The Balaban J connectivity index is 1.12. The number of hydrogen-bond donors (Lipinski definition) is 1. The van der Waals surface area contributed by atoms with Crippen molar-refractivity contribution in [1.82, 2.24) is 4.98 Å². The third-order valence-electron chi connectivity index (χ3n) is 6.94. The van der Waals surface area contributed by atoms with E-state index in [0.717, 1.165) is 42.6 Å². The zero-order valence-corrected chi connectivity index (χ0v) is 17.6. The van der Waals surface area contributed by atoms with Crippen LogP contribution in [0, 0.1) is 29.0 Å². The Labute approximate surface area is 179 Å². The average molecular weight is 429 g/mol. The molecule has 0 unspecified atom stereocenters. The fourth-order valence-corrected chi connectivity index (χ4v) is 6.99. The summed E-state index contributed by atoms with van der Waals surface area (Å²) in [5, 5.41) is 4.90. The van der Waals surface area contributed by atoms with E-state index in [9.17, 15) is 14.0 Å². The summed E-state index contributed by atoms with van der Waals surface area (Å²) in [6.45, 7) is -0.295. The van der Waals surface area contributed by atoms with Gasteiger partial charge in [0.1, 0.15) is 5.82 Å². The second-order valence-electron chi connectivity index (χ2n) is 9.35. The van der Waals surface area contributed by atoms with Gasteiger partial charge in [0.05, 0.1) is 12.1 Å². The maximum absolute atomic E-state index is 13.1. The van der Waals surface area contributed by atoms with Gasteiger partial charge in [-0.1, -0.05) is 0 Å². The first-order valence-electron chi connectivity index (χ1n) is 10.6. The van der Waals surface area contributed by atoms with Crippen molar-refractivity contribution in [2.45, 2.75) is 44.9 Å². The van der Waals surface area contributed by atoms with Gasteiger partial charge < -0.3 is 4.74 Å². The number of rotatable bonds is 6. The number of thiazole rings is 1. The monoisotopic (exact) mass is 428 g/mol. The number of nitrogens with one attached hydrogen (secondary N) is 1. The Morgan fingerprint density at radius 1 is 1.10 bits per heavy atom. The fraction of sp³-hybridized carbons (Fsp3) is 0.522. The molecule has 7 heteroatoms. The number of anilines is 1. The molecule has 4 aliphatic carbocycles. The second kappa shape index (κ2) is 7.76. The zero-order chi connectivity index (χ0) is 20.7. The van der Waals surface area contributed by atoms with Crippen LogP contribution >= 0.6 is 11.3 Å². The minimum absolute atomic E-state index is 0.113. The molecule has 1 aromatic carbocycles. The zero-order valence-electron chi connectivity index (χ0n) is 16.7. The van der Waals surface area contributed by atoms with Gasteiger partial charge in [-0.3, -0.25) is 14.9 Å². The molecule has 158 valence electrons. The molecule has 0 aliphatic heterocycles. The van der Waals surface area contributed by atoms with Crippen molar-refractivity contribution >= 4 is 28.3 Å². The SMILES string of the molecule is O=C(COC(=O)CC12CC3CC(CC(C3)C1)C2)Nc1nc(-c2ccc(F)cc2)cs1. The Bertz CT molecular complexity index is 920. The van der Waals surface area contributed by atoms with Gasteiger partial charge in [0.2, 0.25) is 0 Å². The highest BCUT2D eigenvalue weighted by Crippen LogP contribution is 2.61. The van der Waals surface area contributed by atoms with Crippen LogP contribution < -0.4 is 5.32 Å². The molecule has 0 spiro atoms. The van der Waals surface area contributed by atoms with Gasteiger partial charge in [0, 0.05) is 10.9 Å². The van der Waals surface area contributed by atoms with Gasteiger partial charge in [-0.25, -0.2) is 9.37 Å². The molecule has 4 saturated carbocycles. The quantitative estimate of drug-likeness (QED) is 0.655. The number of benzene rings is 1. The van der Waals surface area contributed by atoms with E-state index in [2.05, 4.69) is 10.3 Å². The number of halogens is 1. The van der Waals surface area contributed by atoms with Crippen LogP contribution in [0.5, 0.6) is 0 Å². The van der Waals surface area contributed by atoms with Crippen LogP contribution in [-0.4, -0.2) is 23.5 Å². The summed E-state index contributed by atoms with van der Waals surface area (Å²) in [6, 6.07) is 6.02. The standard InChI is InChI=1S/C23H25FN2O3S/c24-18-3-1-17(2-4-18)19-13-30-22(25-19)26-20(27)12-29-21(28)11-23-8-14-5-15(9-23)7-16(6-14)10-23/h1-4,13-16H,5-12H2,(H,25,26,27). The molecule has 5 nitrogen and oxygen atoms in total. The molecule has 1 aromatic heterocycles. The molecule has 0 saturated heterocycles. The topological polar surface area (TPSA) is 68.3 Å². The van der Waals surface area contributed by atoms with Crippen LogP contribution in [0.1, 0.15) is 44.9 Å². The van der Waals surface area contributed by atoms with E-state index >= 15 is 0 Å². The molecule has 0 atom stereocenters. The number of carbonyl (C=O) groups excluding carboxylic acids is 2. The Morgan fingerprint density at radius 2 is 1.73 bits per heavy atom. The molecule has 1 heterocycles. The van der Waals surface area contributed by atoms with Crippen LogP contribution in [0.25, 0.3) is 11.3 Å². The van der Waals surface area contributed by atoms with Crippen LogP contribution in [0.4, 0.5) is 9.52 Å². The number of ether oxygens (including phenoxy) is 1. The molecular weight excluding hydrogens is 403 g/mol. The predicted octanol–water partition coefficient (Wildman–Crippen LogP) is 5.04. The van der Waals surface area contributed by atoms with Gasteiger partial charge in [-0.05, 0) is 86.0 Å². The smallest absolute Gasteiger partial charge is 0.306 e. The van der Waals surface area contributed by atoms with Crippen LogP contribution in [0.15, 0.2) is 29.6 Å². The van der Waals surface area contributed by atoms with Crippen molar-refractivity contribution in [3.8, 4) is 11.3 Å². The molecule has 30 heavy (non-hydrogen) atoms. The van der Waals surface area contributed by atoms with E-state index in [-0.39, 0.29) is 23.8 Å². The molecule has 2 aromatic rings. The molecule has 0 radical (unpaired) electrons. The van der Waals surface area contributed by atoms with Crippen molar-refractivity contribution in [3.05, 3.63) is 35.5 Å². The number of nitrogens with zero attached hydrogens (tertiary/aromatic N) is 1. The summed E-state index contributed by atoms with van der Waals surface area (Å²) in [4.78, 5) is 29.0. The third-order valence-corrected chi connectivity index (χ3v) is 7.70. The van der Waals surface area contributed by atoms with E-state index in [1.165, 1.54) is 42.7 Å². The van der Waals surface area contributed by atoms with Crippen molar-refractivity contribution in [2.75, 3.05) is 11.9 Å². The number of aromatic nitrogens is 1. The van der Waals surface area contributed by atoms with Gasteiger partial charge in [-0.2, -0.15) is 0 Å². The van der Waals surface area contributed by atoms with Crippen molar-refractivity contribution < 1.29 is 18.7 Å². The highest BCUT2D eigenvalue weighted by molar-refractivity contribution is 7.14. The summed E-state index contributed by atoms with van der Waals surface area (Å²) < 4.78 is 18.4. The largest absolute Gasteiger partial charge is 0.456 e. The lowest BCUT2D eigenvalue weighted by Gasteiger charge is -2.56. The first kappa shape index (κ1) is 19.7. The van der Waals surface area contributed by atoms with Gasteiger partial charge >= 0.3 is 5.97 Å². The number of amides is 1. The third kappa shape index (κ3) is 4.13. The molecule has 4 fully saturated rings. The number of esters is 1. The van der Waals surface area contributed by atoms with E-state index < -0.39 is 5.91 Å². The van der Waals surface area contributed by atoms with Crippen molar-refractivity contribution in [3.63, 3.8) is 0 Å². The molecule has 1 amide bonds. The minimum atomic E-state index is -0.395. The van der Waals surface area contributed by atoms with Crippen LogP contribution in [0.3, 0.4) is 0 Å². The molecule has 4 aliphatic rings. The summed E-state index contributed by atoms with van der Waals surface area (Å²) in [6.07, 6.45) is 7.89. The van der Waals surface area contributed by atoms with E-state index in [0.29, 0.717) is 17.2 Å². The lowest BCUT2D eigenvalue weighted by molar-refractivity contribution is -0.154. The van der Waals surface area contributed by atoms with Gasteiger partial charge in [0.25, 0.3) is 5.91 Å². The predicted molar refractivity (Wildman–Crippen MR) is 112 cm³/mol. The minimum Gasteiger partial charge on any atom is -0.456 e. The summed E-state index contributed by atoms with van der Waals surface area (Å²) in [7, 11) is 0. The summed E-state index contributed by atoms with van der Waals surface area (Å²) in [5.74, 6) is 1.39. The van der Waals surface area contributed by atoms with Crippen molar-refractivity contribution in [1.29, 1.82) is 0 Å². The number of carbonyl (C=O) groups is 2. The highest BCUT2D eigenvalue weighted by atomic mass is 32.1. The van der Waals surface area contributed by atoms with Gasteiger partial charge in [-0.15, -0.1) is 11.3 Å². The van der Waals surface area contributed by atoms with E-state index in [1.54, 1.807) is 17.5 Å². The number of hydrogen-bond acceptors (Lipinski definition) is 5. The maximum atomic E-state index is 13.1. The maximum Gasteiger partial charge on any atom is 0.306 e. The van der Waals surface area contributed by atoms with Gasteiger partial charge in [0.15, 0.2) is 11.7 Å². The van der Waals surface area contributed by atoms with E-state index in [1.807, 2.05) is 0 Å². The average Bonchev–Trinajstić information content (AvgIpc) is 3.14. The molecular formula is C23H25FN2O3S. The lowest BCUT2D eigenvalue weighted by Crippen LogP contribution is -2.47. The Hall–Kier alpha value is -2.28. The normalized spacial score (nSPS) is 29.0. The van der Waals surface area contributed by atoms with Crippen molar-refractivity contribution in [2.24, 2.45) is 23.2 Å².